The predicted octanol–water partition coefficient (Wildman–Crippen LogP) is 5.50. The van der Waals surface area contributed by atoms with Crippen molar-refractivity contribution in [3.63, 3.8) is 0 Å². The van der Waals surface area contributed by atoms with E-state index in [0.29, 0.717) is 5.56 Å². The van der Waals surface area contributed by atoms with E-state index >= 15 is 0 Å². The van der Waals surface area contributed by atoms with Crippen LogP contribution in [0.15, 0.2) is 121 Å². The molecular formula is C33H30N2O6. The van der Waals surface area contributed by atoms with Gasteiger partial charge in [-0.15, -0.1) is 0 Å². The first-order valence-corrected chi connectivity index (χ1v) is 13.3. The number of esters is 1. The number of nitrogens with one attached hydrogen (secondary N) is 1. The molecule has 1 aliphatic heterocycles. The molecule has 1 fully saturated rings. The summed E-state index contributed by atoms with van der Waals surface area (Å²) in [5.74, 6) is -1.28. The first-order valence-electron chi connectivity index (χ1n) is 13.3. The monoisotopic (exact) mass is 550 g/mol. The van der Waals surface area contributed by atoms with Gasteiger partial charge in [0.15, 0.2) is 5.54 Å². The molecule has 8 heteroatoms. The molecule has 0 spiro atoms. The third-order valence-corrected chi connectivity index (χ3v) is 6.84. The van der Waals surface area contributed by atoms with E-state index in [4.69, 9.17) is 14.3 Å². The summed E-state index contributed by atoms with van der Waals surface area (Å²) >= 11 is 0. The molecule has 2 amide bonds. The van der Waals surface area contributed by atoms with Crippen LogP contribution in [0.25, 0.3) is 0 Å². The van der Waals surface area contributed by atoms with Gasteiger partial charge in [0, 0.05) is 12.0 Å². The third kappa shape index (κ3) is 6.62. The van der Waals surface area contributed by atoms with Gasteiger partial charge in [0.25, 0.3) is 0 Å². The Morgan fingerprint density at radius 1 is 0.732 bits per heavy atom. The van der Waals surface area contributed by atoms with E-state index in [1.807, 2.05) is 97.1 Å². The number of benzene rings is 4. The highest BCUT2D eigenvalue weighted by molar-refractivity contribution is 5.94. The van der Waals surface area contributed by atoms with Crippen molar-refractivity contribution in [2.24, 2.45) is 0 Å². The molecule has 0 aliphatic carbocycles. The lowest BCUT2D eigenvalue weighted by atomic mass is 9.86. The first-order chi connectivity index (χ1) is 20.0. The van der Waals surface area contributed by atoms with E-state index in [2.05, 4.69) is 5.48 Å². The number of hydrogen-bond donors (Lipinski definition) is 1. The molecule has 0 aromatic heterocycles. The Balaban J connectivity index is 1.46. The van der Waals surface area contributed by atoms with Crippen LogP contribution in [0.5, 0.6) is 0 Å². The van der Waals surface area contributed by atoms with E-state index in [-0.39, 0.29) is 19.6 Å². The van der Waals surface area contributed by atoms with Crippen LogP contribution in [0.1, 0.15) is 34.9 Å². The zero-order valence-corrected chi connectivity index (χ0v) is 22.3. The van der Waals surface area contributed by atoms with Crippen LogP contribution in [-0.4, -0.2) is 28.4 Å². The minimum Gasteiger partial charge on any atom is -0.444 e. The number of ether oxygens (including phenoxy) is 2. The van der Waals surface area contributed by atoms with Gasteiger partial charge in [0.2, 0.25) is 12.1 Å². The Hall–Kier alpha value is -4.95. The summed E-state index contributed by atoms with van der Waals surface area (Å²) in [7, 11) is 0. The van der Waals surface area contributed by atoms with Crippen molar-refractivity contribution < 1.29 is 28.7 Å². The number of hydroxylamine groups is 1. The number of hydrogen-bond acceptors (Lipinski definition) is 6. The topological polar surface area (TPSA) is 94.2 Å². The number of cyclic esters (lactones) is 1. The average molecular weight is 551 g/mol. The van der Waals surface area contributed by atoms with Gasteiger partial charge in [-0.25, -0.2) is 15.1 Å². The SMILES string of the molecule is O=C(C[C@]1(Cc2ccccc2)C(=O)O[C@@H](c2ccccc2)N1C(=O)OCc1ccccc1)NOCc1ccccc1. The molecule has 1 aliphatic rings. The summed E-state index contributed by atoms with van der Waals surface area (Å²) in [6.45, 7) is 0.123. The van der Waals surface area contributed by atoms with Crippen molar-refractivity contribution in [1.82, 2.24) is 10.4 Å². The van der Waals surface area contributed by atoms with Crippen LogP contribution < -0.4 is 5.48 Å². The first kappa shape index (κ1) is 27.6. The molecular weight excluding hydrogens is 520 g/mol. The normalized spacial score (nSPS) is 18.0. The molecule has 1 N–H and O–H groups in total. The molecule has 4 aromatic rings. The van der Waals surface area contributed by atoms with Crippen molar-refractivity contribution in [1.29, 1.82) is 0 Å². The second-order valence-corrected chi connectivity index (χ2v) is 9.75. The summed E-state index contributed by atoms with van der Waals surface area (Å²) in [6.07, 6.45) is -2.24. The molecule has 4 aromatic carbocycles. The fourth-order valence-electron chi connectivity index (χ4n) is 4.87. The smallest absolute Gasteiger partial charge is 0.414 e. The summed E-state index contributed by atoms with van der Waals surface area (Å²) < 4.78 is 11.6. The zero-order valence-electron chi connectivity index (χ0n) is 22.3. The molecule has 2 atom stereocenters. The Bertz CT molecular complexity index is 1450. The van der Waals surface area contributed by atoms with E-state index < -0.39 is 36.2 Å². The fraction of sp³-hybridized carbons (Fsp3) is 0.182. The molecule has 0 radical (unpaired) electrons. The second kappa shape index (κ2) is 12.9. The van der Waals surface area contributed by atoms with E-state index in [1.54, 1.807) is 24.3 Å². The minimum atomic E-state index is -1.70. The number of amides is 2. The molecule has 5 rings (SSSR count). The summed E-state index contributed by atoms with van der Waals surface area (Å²) in [4.78, 5) is 47.7. The van der Waals surface area contributed by atoms with Gasteiger partial charge in [-0.05, 0) is 16.7 Å². The molecule has 8 nitrogen and oxygen atoms in total. The highest BCUT2D eigenvalue weighted by Gasteiger charge is 2.59. The Morgan fingerprint density at radius 3 is 1.83 bits per heavy atom. The highest BCUT2D eigenvalue weighted by atomic mass is 16.7. The van der Waals surface area contributed by atoms with E-state index in [9.17, 15) is 14.4 Å². The molecule has 0 saturated carbocycles. The Labute approximate surface area is 238 Å². The van der Waals surface area contributed by atoms with Crippen molar-refractivity contribution in [3.05, 3.63) is 144 Å². The number of nitrogens with zero attached hydrogens (tertiary/aromatic N) is 1. The lowest BCUT2D eigenvalue weighted by Crippen LogP contribution is -2.56. The average Bonchev–Trinajstić information content (AvgIpc) is 3.28. The second-order valence-electron chi connectivity index (χ2n) is 9.75. The van der Waals surface area contributed by atoms with Crippen molar-refractivity contribution >= 4 is 18.0 Å². The minimum absolute atomic E-state index is 0.0142. The molecule has 1 heterocycles. The maximum absolute atomic E-state index is 13.8. The maximum Gasteiger partial charge on any atom is 0.414 e. The fourth-order valence-corrected chi connectivity index (χ4v) is 4.87. The summed E-state index contributed by atoms with van der Waals surface area (Å²) in [5.41, 5.74) is 3.71. The zero-order chi connectivity index (χ0) is 28.5. The quantitative estimate of drug-likeness (QED) is 0.207. The van der Waals surface area contributed by atoms with E-state index in [1.165, 1.54) is 4.90 Å². The standard InChI is InChI=1S/C33H30N2O6/c36-29(34-40-24-27-17-9-3-10-18-27)22-33(21-25-13-5-1-6-14-25)31(37)41-30(28-19-11-4-12-20-28)35(33)32(38)39-23-26-15-7-2-8-16-26/h1-20,30H,21-24H2,(H,34,36)/t30-,33+/m0/s1. The lowest BCUT2D eigenvalue weighted by Gasteiger charge is -2.35. The van der Waals surface area contributed by atoms with Crippen LogP contribution in [0.4, 0.5) is 4.79 Å². The van der Waals surface area contributed by atoms with Crippen LogP contribution in [0, 0.1) is 0 Å². The number of carbonyl (C=O) groups is 3. The van der Waals surface area contributed by atoms with Crippen LogP contribution in [-0.2, 0) is 43.5 Å². The van der Waals surface area contributed by atoms with Gasteiger partial charge in [0.1, 0.15) is 6.61 Å². The van der Waals surface area contributed by atoms with Crippen LogP contribution in [0.3, 0.4) is 0 Å². The Kier molecular flexibility index (Phi) is 8.71. The van der Waals surface area contributed by atoms with Gasteiger partial charge in [-0.1, -0.05) is 121 Å². The van der Waals surface area contributed by atoms with Crippen molar-refractivity contribution in [3.8, 4) is 0 Å². The van der Waals surface area contributed by atoms with Crippen LogP contribution >= 0.6 is 0 Å². The largest absolute Gasteiger partial charge is 0.444 e. The Morgan fingerprint density at radius 2 is 1.24 bits per heavy atom. The molecule has 1 saturated heterocycles. The van der Waals surface area contributed by atoms with Gasteiger partial charge >= 0.3 is 12.1 Å². The van der Waals surface area contributed by atoms with Gasteiger partial charge < -0.3 is 9.47 Å². The highest BCUT2D eigenvalue weighted by Crippen LogP contribution is 2.43. The molecule has 41 heavy (non-hydrogen) atoms. The molecule has 0 bridgehead atoms. The van der Waals surface area contributed by atoms with Crippen LogP contribution in [0.2, 0.25) is 0 Å². The number of rotatable bonds is 10. The van der Waals surface area contributed by atoms with Crippen molar-refractivity contribution in [2.45, 2.75) is 37.8 Å². The van der Waals surface area contributed by atoms with Gasteiger partial charge in [-0.3, -0.25) is 14.5 Å². The number of carbonyl (C=O) groups excluding carboxylic acids is 3. The predicted molar refractivity (Wildman–Crippen MR) is 151 cm³/mol. The van der Waals surface area contributed by atoms with Gasteiger partial charge in [-0.2, -0.15) is 0 Å². The third-order valence-electron chi connectivity index (χ3n) is 6.84. The van der Waals surface area contributed by atoms with Crippen molar-refractivity contribution in [2.75, 3.05) is 0 Å². The van der Waals surface area contributed by atoms with Gasteiger partial charge in [0.05, 0.1) is 13.0 Å². The van der Waals surface area contributed by atoms with E-state index in [0.717, 1.165) is 16.7 Å². The summed E-state index contributed by atoms with van der Waals surface area (Å²) in [6, 6.07) is 36.7. The lowest BCUT2D eigenvalue weighted by molar-refractivity contribution is -0.149. The molecule has 208 valence electrons. The summed E-state index contributed by atoms with van der Waals surface area (Å²) in [5, 5.41) is 0. The maximum atomic E-state index is 13.8. The molecule has 0 unspecified atom stereocenters.